The van der Waals surface area contributed by atoms with E-state index in [1.807, 2.05) is 25.1 Å². The first-order valence-electron chi connectivity index (χ1n) is 8.11. The Morgan fingerprint density at radius 2 is 2.12 bits per heavy atom. The van der Waals surface area contributed by atoms with Gasteiger partial charge in [0.05, 0.1) is 17.5 Å². The van der Waals surface area contributed by atoms with Crippen LogP contribution >= 0.6 is 0 Å². The molecule has 3 heterocycles. The molecule has 5 heteroatoms. The maximum Gasteiger partial charge on any atom is 0.229 e. The summed E-state index contributed by atoms with van der Waals surface area (Å²) in [5, 5.41) is 0. The van der Waals surface area contributed by atoms with Gasteiger partial charge < -0.3 is 13.6 Å². The molecule has 0 saturated heterocycles. The summed E-state index contributed by atoms with van der Waals surface area (Å²) in [4.78, 5) is 6.82. The highest BCUT2D eigenvalue weighted by Crippen LogP contribution is 2.29. The third-order valence-electron chi connectivity index (χ3n) is 4.31. The number of furan rings is 1. The number of aromatic nitrogens is 1. The summed E-state index contributed by atoms with van der Waals surface area (Å²) in [6, 6.07) is 10.1. The van der Waals surface area contributed by atoms with Crippen molar-refractivity contribution < 1.29 is 13.6 Å². The molecule has 3 aromatic rings. The Balaban J connectivity index is 1.39. The van der Waals surface area contributed by atoms with E-state index in [-0.39, 0.29) is 6.10 Å². The van der Waals surface area contributed by atoms with Gasteiger partial charge in [0, 0.05) is 19.5 Å². The standard InChI is InChI=1S/C19H20N2O3/c1-13-17(20-19(23-13)15-7-8-22-12-15)11-21(2)10-16-9-14-5-3-4-6-18(14)24-16/h3-8,12,16H,9-11H2,1-2H3. The van der Waals surface area contributed by atoms with Crippen LogP contribution in [0, 0.1) is 6.92 Å². The van der Waals surface area contributed by atoms with Crippen LogP contribution in [-0.4, -0.2) is 29.6 Å². The Kier molecular flexibility index (Phi) is 3.86. The molecule has 0 fully saturated rings. The van der Waals surface area contributed by atoms with Gasteiger partial charge in [0.1, 0.15) is 23.9 Å². The SMILES string of the molecule is Cc1oc(-c2ccoc2)nc1CN(C)CC1Cc2ccccc2O1. The smallest absolute Gasteiger partial charge is 0.229 e. The van der Waals surface area contributed by atoms with E-state index in [4.69, 9.17) is 13.6 Å². The minimum absolute atomic E-state index is 0.188. The van der Waals surface area contributed by atoms with Gasteiger partial charge >= 0.3 is 0 Å². The third kappa shape index (κ3) is 2.95. The number of benzene rings is 1. The molecule has 2 aromatic heterocycles. The van der Waals surface area contributed by atoms with E-state index in [9.17, 15) is 0 Å². The highest BCUT2D eigenvalue weighted by atomic mass is 16.5. The number of hydrogen-bond donors (Lipinski definition) is 0. The number of nitrogens with zero attached hydrogens (tertiary/aromatic N) is 2. The van der Waals surface area contributed by atoms with Gasteiger partial charge in [-0.25, -0.2) is 4.98 Å². The normalized spacial score (nSPS) is 16.4. The lowest BCUT2D eigenvalue weighted by atomic mass is 10.1. The summed E-state index contributed by atoms with van der Waals surface area (Å²) in [5.41, 5.74) is 3.10. The maximum atomic E-state index is 6.01. The van der Waals surface area contributed by atoms with Crippen molar-refractivity contribution in [3.63, 3.8) is 0 Å². The molecule has 0 spiro atoms. The number of hydrogen-bond acceptors (Lipinski definition) is 5. The zero-order chi connectivity index (χ0) is 16.5. The molecule has 0 radical (unpaired) electrons. The fraction of sp³-hybridized carbons (Fsp3) is 0.316. The van der Waals surface area contributed by atoms with Crippen molar-refractivity contribution in [1.29, 1.82) is 0 Å². The average Bonchev–Trinajstić information content (AvgIpc) is 3.27. The van der Waals surface area contributed by atoms with Gasteiger partial charge in [-0.1, -0.05) is 18.2 Å². The second kappa shape index (κ2) is 6.17. The molecule has 1 aliphatic rings. The number of aryl methyl sites for hydroxylation is 1. The Labute approximate surface area is 140 Å². The first-order chi connectivity index (χ1) is 11.7. The monoisotopic (exact) mass is 324 g/mol. The van der Waals surface area contributed by atoms with Crippen LogP contribution in [0.15, 0.2) is 51.7 Å². The number of likely N-dealkylation sites (N-methyl/N-ethyl adjacent to an activating group) is 1. The predicted molar refractivity (Wildman–Crippen MR) is 89.8 cm³/mol. The Bertz CT molecular complexity index is 798. The van der Waals surface area contributed by atoms with E-state index in [1.54, 1.807) is 12.5 Å². The molecule has 0 amide bonds. The summed E-state index contributed by atoms with van der Waals surface area (Å²) < 4.78 is 16.9. The van der Waals surface area contributed by atoms with Crippen LogP contribution in [0.3, 0.4) is 0 Å². The number of oxazole rings is 1. The van der Waals surface area contributed by atoms with Crippen molar-refractivity contribution in [2.45, 2.75) is 26.0 Å². The predicted octanol–water partition coefficient (Wildman–Crippen LogP) is 3.68. The Morgan fingerprint density at radius 3 is 2.92 bits per heavy atom. The molecule has 0 aliphatic carbocycles. The fourth-order valence-corrected chi connectivity index (χ4v) is 3.11. The number of ether oxygens (including phenoxy) is 1. The number of para-hydroxylation sites is 1. The van der Waals surface area contributed by atoms with E-state index in [0.29, 0.717) is 5.89 Å². The van der Waals surface area contributed by atoms with Crippen LogP contribution < -0.4 is 4.74 Å². The van der Waals surface area contributed by atoms with Gasteiger partial charge in [0.2, 0.25) is 5.89 Å². The summed E-state index contributed by atoms with van der Waals surface area (Å²) in [6.07, 6.45) is 4.41. The molecule has 0 bridgehead atoms. The number of fused-ring (bicyclic) bond motifs is 1. The molecule has 1 aromatic carbocycles. The van der Waals surface area contributed by atoms with Gasteiger partial charge in [0.15, 0.2) is 0 Å². The van der Waals surface area contributed by atoms with Gasteiger partial charge in [-0.2, -0.15) is 0 Å². The van der Waals surface area contributed by atoms with Crippen molar-refractivity contribution in [3.8, 4) is 17.2 Å². The van der Waals surface area contributed by atoms with E-state index >= 15 is 0 Å². The van der Waals surface area contributed by atoms with Crippen molar-refractivity contribution in [1.82, 2.24) is 9.88 Å². The molecule has 24 heavy (non-hydrogen) atoms. The van der Waals surface area contributed by atoms with Gasteiger partial charge in [-0.05, 0) is 31.7 Å². The molecule has 4 rings (SSSR count). The van der Waals surface area contributed by atoms with Crippen LogP contribution in [0.5, 0.6) is 5.75 Å². The minimum atomic E-state index is 0.188. The molecule has 0 saturated carbocycles. The lowest BCUT2D eigenvalue weighted by molar-refractivity contribution is 0.164. The van der Waals surface area contributed by atoms with Gasteiger partial charge in [0.25, 0.3) is 0 Å². The average molecular weight is 324 g/mol. The van der Waals surface area contributed by atoms with Crippen LogP contribution in [0.4, 0.5) is 0 Å². The van der Waals surface area contributed by atoms with Crippen LogP contribution in [0.2, 0.25) is 0 Å². The summed E-state index contributed by atoms with van der Waals surface area (Å²) >= 11 is 0. The Morgan fingerprint density at radius 1 is 1.25 bits per heavy atom. The number of rotatable bonds is 5. The quantitative estimate of drug-likeness (QED) is 0.716. The van der Waals surface area contributed by atoms with Crippen molar-refractivity contribution in [2.24, 2.45) is 0 Å². The lowest BCUT2D eigenvalue weighted by Crippen LogP contribution is -2.31. The van der Waals surface area contributed by atoms with E-state index in [1.165, 1.54) is 5.56 Å². The van der Waals surface area contributed by atoms with Gasteiger partial charge in [-0.3, -0.25) is 4.90 Å². The van der Waals surface area contributed by atoms with E-state index in [2.05, 4.69) is 29.1 Å². The van der Waals surface area contributed by atoms with E-state index < -0.39 is 0 Å². The summed E-state index contributed by atoms with van der Waals surface area (Å²) in [7, 11) is 2.08. The molecule has 5 nitrogen and oxygen atoms in total. The second-order valence-electron chi connectivity index (χ2n) is 6.28. The molecular formula is C19H20N2O3. The third-order valence-corrected chi connectivity index (χ3v) is 4.31. The summed E-state index contributed by atoms with van der Waals surface area (Å²) in [5.74, 6) is 2.46. The van der Waals surface area contributed by atoms with Gasteiger partial charge in [-0.15, -0.1) is 0 Å². The molecule has 1 aliphatic heterocycles. The molecule has 124 valence electrons. The molecule has 0 N–H and O–H groups in total. The van der Waals surface area contributed by atoms with Crippen molar-refractivity contribution in [2.75, 3.05) is 13.6 Å². The topological polar surface area (TPSA) is 51.6 Å². The fourth-order valence-electron chi connectivity index (χ4n) is 3.11. The lowest BCUT2D eigenvalue weighted by Gasteiger charge is -2.19. The molecular weight excluding hydrogens is 304 g/mol. The van der Waals surface area contributed by atoms with Crippen molar-refractivity contribution >= 4 is 0 Å². The van der Waals surface area contributed by atoms with E-state index in [0.717, 1.165) is 42.3 Å². The largest absolute Gasteiger partial charge is 0.488 e. The zero-order valence-corrected chi connectivity index (χ0v) is 13.9. The highest BCUT2D eigenvalue weighted by Gasteiger charge is 2.24. The van der Waals surface area contributed by atoms with Crippen LogP contribution in [0.25, 0.3) is 11.5 Å². The second-order valence-corrected chi connectivity index (χ2v) is 6.28. The first-order valence-corrected chi connectivity index (χ1v) is 8.11. The van der Waals surface area contributed by atoms with Crippen molar-refractivity contribution in [3.05, 3.63) is 59.9 Å². The zero-order valence-electron chi connectivity index (χ0n) is 13.9. The minimum Gasteiger partial charge on any atom is -0.488 e. The van der Waals surface area contributed by atoms with Crippen LogP contribution in [-0.2, 0) is 13.0 Å². The van der Waals surface area contributed by atoms with Crippen LogP contribution in [0.1, 0.15) is 17.0 Å². The maximum absolute atomic E-state index is 6.01. The Hall–Kier alpha value is -2.53. The summed E-state index contributed by atoms with van der Waals surface area (Å²) in [6.45, 7) is 3.52. The highest BCUT2D eigenvalue weighted by molar-refractivity contribution is 5.51. The molecule has 1 atom stereocenters. The first kappa shape index (κ1) is 15.0. The molecule has 1 unspecified atom stereocenters.